The molecule has 2 rings (SSSR count). The molecular weight excluding hydrogens is 298 g/mol. The fourth-order valence-electron chi connectivity index (χ4n) is 2.55. The molecule has 0 aliphatic carbocycles. The lowest BCUT2D eigenvalue weighted by molar-refractivity contribution is -0.116. The van der Waals surface area contributed by atoms with E-state index in [0.717, 1.165) is 12.2 Å². The van der Waals surface area contributed by atoms with Gasteiger partial charge in [-0.2, -0.15) is 0 Å². The SMILES string of the molecule is CC(C)CC(=O)Nc1ccc(N(Cc2ccccc2)C(C)C)cn1. The average molecular weight is 325 g/mol. The van der Waals surface area contributed by atoms with Crippen molar-refractivity contribution in [3.8, 4) is 0 Å². The van der Waals surface area contributed by atoms with E-state index in [2.05, 4.69) is 53.3 Å². The summed E-state index contributed by atoms with van der Waals surface area (Å²) in [6.45, 7) is 9.22. The minimum atomic E-state index is 0.00949. The van der Waals surface area contributed by atoms with Gasteiger partial charge in [0.05, 0.1) is 11.9 Å². The Kier molecular flexibility index (Phi) is 6.36. The van der Waals surface area contributed by atoms with Crippen molar-refractivity contribution in [1.29, 1.82) is 0 Å². The molecule has 0 aliphatic rings. The third-order valence-electron chi connectivity index (χ3n) is 3.76. The predicted molar refractivity (Wildman–Crippen MR) is 100 cm³/mol. The number of benzene rings is 1. The maximum Gasteiger partial charge on any atom is 0.225 e. The van der Waals surface area contributed by atoms with Crippen LogP contribution in [0.15, 0.2) is 48.7 Å². The number of carbonyl (C=O) groups is 1. The second kappa shape index (κ2) is 8.48. The minimum Gasteiger partial charge on any atom is -0.364 e. The van der Waals surface area contributed by atoms with Crippen molar-refractivity contribution in [3.05, 3.63) is 54.2 Å². The van der Waals surface area contributed by atoms with E-state index in [1.54, 1.807) is 0 Å². The van der Waals surface area contributed by atoms with Crippen LogP contribution in [0, 0.1) is 5.92 Å². The number of rotatable bonds is 7. The number of hydrogen-bond acceptors (Lipinski definition) is 3. The number of anilines is 2. The Labute approximate surface area is 144 Å². The van der Waals surface area contributed by atoms with Crippen LogP contribution in [0.4, 0.5) is 11.5 Å². The summed E-state index contributed by atoms with van der Waals surface area (Å²) in [5.74, 6) is 0.953. The van der Waals surface area contributed by atoms with Crippen LogP contribution in [-0.4, -0.2) is 16.9 Å². The van der Waals surface area contributed by atoms with Crippen molar-refractivity contribution >= 4 is 17.4 Å². The smallest absolute Gasteiger partial charge is 0.225 e. The van der Waals surface area contributed by atoms with Gasteiger partial charge >= 0.3 is 0 Å². The number of carbonyl (C=O) groups excluding carboxylic acids is 1. The van der Waals surface area contributed by atoms with Crippen LogP contribution in [0.5, 0.6) is 0 Å². The molecule has 2 aromatic rings. The standard InChI is InChI=1S/C20H27N3O/c1-15(2)12-20(24)22-19-11-10-18(13-21-19)23(16(3)4)14-17-8-6-5-7-9-17/h5-11,13,15-16H,12,14H2,1-4H3,(H,21,22,24). The summed E-state index contributed by atoms with van der Waals surface area (Å²) in [5, 5.41) is 2.85. The lowest BCUT2D eigenvalue weighted by atomic mass is 10.1. The highest BCUT2D eigenvalue weighted by molar-refractivity contribution is 5.89. The summed E-state index contributed by atoms with van der Waals surface area (Å²) in [4.78, 5) is 18.5. The van der Waals surface area contributed by atoms with Gasteiger partial charge in [-0.25, -0.2) is 4.98 Å². The molecule has 24 heavy (non-hydrogen) atoms. The van der Waals surface area contributed by atoms with Crippen molar-refractivity contribution < 1.29 is 4.79 Å². The topological polar surface area (TPSA) is 45.2 Å². The highest BCUT2D eigenvalue weighted by Gasteiger charge is 2.12. The highest BCUT2D eigenvalue weighted by atomic mass is 16.1. The van der Waals surface area contributed by atoms with Crippen LogP contribution in [0.25, 0.3) is 0 Å². The quantitative estimate of drug-likeness (QED) is 0.816. The van der Waals surface area contributed by atoms with Gasteiger partial charge in [-0.05, 0) is 37.5 Å². The summed E-state index contributed by atoms with van der Waals surface area (Å²) >= 11 is 0. The van der Waals surface area contributed by atoms with E-state index < -0.39 is 0 Å². The van der Waals surface area contributed by atoms with E-state index in [1.165, 1.54) is 5.56 Å². The van der Waals surface area contributed by atoms with Gasteiger partial charge in [0, 0.05) is 19.0 Å². The highest BCUT2D eigenvalue weighted by Crippen LogP contribution is 2.20. The lowest BCUT2D eigenvalue weighted by Gasteiger charge is -2.29. The average Bonchev–Trinajstić information content (AvgIpc) is 2.53. The molecule has 1 heterocycles. The van der Waals surface area contributed by atoms with Crippen LogP contribution < -0.4 is 10.2 Å². The zero-order valence-electron chi connectivity index (χ0n) is 15.0. The van der Waals surface area contributed by atoms with E-state index in [4.69, 9.17) is 0 Å². The van der Waals surface area contributed by atoms with Gasteiger partial charge in [-0.15, -0.1) is 0 Å². The number of amides is 1. The number of pyridine rings is 1. The molecule has 1 aromatic carbocycles. The largest absolute Gasteiger partial charge is 0.364 e. The number of aromatic nitrogens is 1. The first-order chi connectivity index (χ1) is 11.5. The molecule has 1 aromatic heterocycles. The number of nitrogens with one attached hydrogen (secondary N) is 1. The van der Waals surface area contributed by atoms with Gasteiger partial charge in [0.2, 0.25) is 5.91 Å². The monoisotopic (exact) mass is 325 g/mol. The van der Waals surface area contributed by atoms with Crippen molar-refractivity contribution in [2.75, 3.05) is 10.2 Å². The van der Waals surface area contributed by atoms with Gasteiger partial charge in [-0.1, -0.05) is 44.2 Å². The fraction of sp³-hybridized carbons (Fsp3) is 0.400. The van der Waals surface area contributed by atoms with Gasteiger partial charge in [-0.3, -0.25) is 4.79 Å². The van der Waals surface area contributed by atoms with Gasteiger partial charge in [0.15, 0.2) is 0 Å². The Morgan fingerprint density at radius 2 is 1.79 bits per heavy atom. The summed E-state index contributed by atoms with van der Waals surface area (Å²) < 4.78 is 0. The molecule has 0 radical (unpaired) electrons. The zero-order valence-corrected chi connectivity index (χ0v) is 15.0. The molecule has 1 N–H and O–H groups in total. The van der Waals surface area contributed by atoms with Crippen LogP contribution >= 0.6 is 0 Å². The second-order valence-corrected chi connectivity index (χ2v) is 6.76. The van der Waals surface area contributed by atoms with Crippen LogP contribution in [0.1, 0.15) is 39.7 Å². The summed E-state index contributed by atoms with van der Waals surface area (Å²) in [7, 11) is 0. The second-order valence-electron chi connectivity index (χ2n) is 6.76. The van der Waals surface area contributed by atoms with E-state index in [-0.39, 0.29) is 5.91 Å². The van der Waals surface area contributed by atoms with Crippen molar-refractivity contribution in [1.82, 2.24) is 4.98 Å². The molecule has 128 valence electrons. The first kappa shape index (κ1) is 18.0. The van der Waals surface area contributed by atoms with Crippen molar-refractivity contribution in [2.24, 2.45) is 5.92 Å². The normalized spacial score (nSPS) is 10.9. The Morgan fingerprint density at radius 3 is 2.33 bits per heavy atom. The summed E-state index contributed by atoms with van der Waals surface area (Å²) in [6, 6.07) is 14.6. The molecule has 0 fully saturated rings. The first-order valence-corrected chi connectivity index (χ1v) is 8.52. The van der Waals surface area contributed by atoms with Gasteiger partial charge < -0.3 is 10.2 Å². The summed E-state index contributed by atoms with van der Waals surface area (Å²) in [6.07, 6.45) is 2.34. The minimum absolute atomic E-state index is 0.00949. The molecule has 0 unspecified atom stereocenters. The Hall–Kier alpha value is -2.36. The molecule has 4 heteroatoms. The van der Waals surface area contributed by atoms with E-state index in [9.17, 15) is 4.79 Å². The van der Waals surface area contributed by atoms with Crippen LogP contribution in [-0.2, 0) is 11.3 Å². The molecule has 0 saturated carbocycles. The molecule has 0 atom stereocenters. The number of nitrogens with zero attached hydrogens (tertiary/aromatic N) is 2. The molecule has 0 spiro atoms. The van der Waals surface area contributed by atoms with E-state index in [1.807, 2.05) is 38.2 Å². The Bertz CT molecular complexity index is 636. The third kappa shape index (κ3) is 5.37. The summed E-state index contributed by atoms with van der Waals surface area (Å²) in [5.41, 5.74) is 2.32. The van der Waals surface area contributed by atoms with E-state index >= 15 is 0 Å². The zero-order chi connectivity index (χ0) is 17.5. The maximum absolute atomic E-state index is 11.8. The van der Waals surface area contributed by atoms with Gasteiger partial charge in [0.25, 0.3) is 0 Å². The molecule has 0 aliphatic heterocycles. The molecule has 1 amide bonds. The van der Waals surface area contributed by atoms with Crippen molar-refractivity contribution in [3.63, 3.8) is 0 Å². The van der Waals surface area contributed by atoms with Crippen LogP contribution in [0.2, 0.25) is 0 Å². The predicted octanol–water partition coefficient (Wildman–Crippen LogP) is 4.48. The molecule has 0 saturated heterocycles. The lowest BCUT2D eigenvalue weighted by Crippen LogP contribution is -2.30. The third-order valence-corrected chi connectivity index (χ3v) is 3.76. The van der Waals surface area contributed by atoms with Crippen molar-refractivity contribution in [2.45, 2.75) is 46.7 Å². The number of hydrogen-bond donors (Lipinski definition) is 1. The maximum atomic E-state index is 11.8. The Morgan fingerprint density at radius 1 is 1.08 bits per heavy atom. The Balaban J connectivity index is 2.07. The molecular formula is C20H27N3O. The molecule has 4 nitrogen and oxygen atoms in total. The molecule has 0 bridgehead atoms. The fourth-order valence-corrected chi connectivity index (χ4v) is 2.55. The van der Waals surface area contributed by atoms with E-state index in [0.29, 0.717) is 24.2 Å². The first-order valence-electron chi connectivity index (χ1n) is 8.52. The van der Waals surface area contributed by atoms with Gasteiger partial charge in [0.1, 0.15) is 5.82 Å². The van der Waals surface area contributed by atoms with Crippen LogP contribution in [0.3, 0.4) is 0 Å².